The fourth-order valence-corrected chi connectivity index (χ4v) is 4.42. The van der Waals surface area contributed by atoms with Crippen LogP contribution in [0.3, 0.4) is 0 Å². The van der Waals surface area contributed by atoms with E-state index in [0.29, 0.717) is 11.3 Å². The summed E-state index contributed by atoms with van der Waals surface area (Å²) in [5, 5.41) is 3.40. The van der Waals surface area contributed by atoms with Crippen LogP contribution >= 0.6 is 0 Å². The summed E-state index contributed by atoms with van der Waals surface area (Å²) < 4.78 is 15.6. The van der Waals surface area contributed by atoms with Crippen LogP contribution in [0.2, 0.25) is 0 Å². The Balaban J connectivity index is 2.31. The smallest absolute Gasteiger partial charge is 0.336 e. The van der Waals surface area contributed by atoms with Gasteiger partial charge in [0.15, 0.2) is 0 Å². The Morgan fingerprint density at radius 2 is 1.92 bits per heavy atom. The number of rotatable bonds is 3. The van der Waals surface area contributed by atoms with Gasteiger partial charge < -0.3 is 19.5 Å². The standard InChI is InChI=1S/C20H25NO5/c1-11-15(18(22)25-4)16-14-10-13(24-3)7-6-12(14)8-9-20(2,21-11)17(16)19(23)26-5/h6-7,10,16-17,21H,8-9H2,1-5H3. The van der Waals surface area contributed by atoms with Crippen LogP contribution in [0.4, 0.5) is 0 Å². The number of benzene rings is 1. The third kappa shape index (κ3) is 2.73. The minimum atomic E-state index is -0.543. The van der Waals surface area contributed by atoms with E-state index in [1.807, 2.05) is 32.0 Å². The molecule has 140 valence electrons. The van der Waals surface area contributed by atoms with Crippen LogP contribution < -0.4 is 10.1 Å². The fourth-order valence-electron chi connectivity index (χ4n) is 4.42. The van der Waals surface area contributed by atoms with E-state index in [-0.39, 0.29) is 5.97 Å². The lowest BCUT2D eigenvalue weighted by Crippen LogP contribution is -2.57. The third-order valence-corrected chi connectivity index (χ3v) is 5.67. The van der Waals surface area contributed by atoms with Crippen molar-refractivity contribution >= 4 is 11.9 Å². The van der Waals surface area contributed by atoms with Gasteiger partial charge in [0.05, 0.1) is 32.8 Å². The number of hydrogen-bond acceptors (Lipinski definition) is 6. The molecule has 0 radical (unpaired) electrons. The van der Waals surface area contributed by atoms with Gasteiger partial charge in [0.2, 0.25) is 0 Å². The summed E-state index contributed by atoms with van der Waals surface area (Å²) in [6.45, 7) is 3.87. The molecular weight excluding hydrogens is 334 g/mol. The summed E-state index contributed by atoms with van der Waals surface area (Å²) in [5.74, 6) is -1.08. The van der Waals surface area contributed by atoms with Gasteiger partial charge in [-0.1, -0.05) is 6.07 Å². The summed E-state index contributed by atoms with van der Waals surface area (Å²) >= 11 is 0. The van der Waals surface area contributed by atoms with Crippen LogP contribution in [0.5, 0.6) is 5.75 Å². The van der Waals surface area contributed by atoms with E-state index in [9.17, 15) is 9.59 Å². The van der Waals surface area contributed by atoms with Gasteiger partial charge in [-0.2, -0.15) is 0 Å². The molecule has 1 heterocycles. The molecule has 1 aliphatic carbocycles. The van der Waals surface area contributed by atoms with E-state index < -0.39 is 23.3 Å². The van der Waals surface area contributed by atoms with Gasteiger partial charge in [0.1, 0.15) is 5.75 Å². The largest absolute Gasteiger partial charge is 0.497 e. The summed E-state index contributed by atoms with van der Waals surface area (Å²) in [6, 6.07) is 5.84. The van der Waals surface area contributed by atoms with Crippen molar-refractivity contribution in [3.63, 3.8) is 0 Å². The number of ether oxygens (including phenoxy) is 3. The van der Waals surface area contributed by atoms with E-state index in [4.69, 9.17) is 14.2 Å². The average molecular weight is 359 g/mol. The van der Waals surface area contributed by atoms with Crippen LogP contribution in [0.1, 0.15) is 37.3 Å². The van der Waals surface area contributed by atoms with Crippen molar-refractivity contribution in [2.24, 2.45) is 5.92 Å². The maximum absolute atomic E-state index is 12.8. The SMILES string of the molecule is COC(=O)C1=C(C)NC2(C)CCc3ccc(OC)cc3C1C2C(=O)OC. The van der Waals surface area contributed by atoms with Gasteiger partial charge in [-0.15, -0.1) is 0 Å². The second kappa shape index (κ2) is 6.67. The maximum atomic E-state index is 12.8. The molecule has 2 aliphatic rings. The number of hydrogen-bond donors (Lipinski definition) is 1. The number of carbonyl (C=O) groups is 2. The molecule has 1 aromatic carbocycles. The zero-order valence-electron chi connectivity index (χ0n) is 15.8. The Morgan fingerprint density at radius 1 is 1.19 bits per heavy atom. The van der Waals surface area contributed by atoms with Crippen molar-refractivity contribution < 1.29 is 23.8 Å². The molecule has 3 rings (SSSR count). The number of nitrogens with one attached hydrogen (secondary N) is 1. The topological polar surface area (TPSA) is 73.9 Å². The molecule has 0 aromatic heterocycles. The summed E-state index contributed by atoms with van der Waals surface area (Å²) in [5.41, 5.74) is 2.71. The summed E-state index contributed by atoms with van der Waals surface area (Å²) in [4.78, 5) is 25.4. The van der Waals surface area contributed by atoms with Crippen molar-refractivity contribution in [2.75, 3.05) is 21.3 Å². The monoisotopic (exact) mass is 359 g/mol. The second-order valence-electron chi connectivity index (χ2n) is 7.12. The highest BCUT2D eigenvalue weighted by Gasteiger charge is 2.53. The van der Waals surface area contributed by atoms with Gasteiger partial charge in [0.25, 0.3) is 0 Å². The van der Waals surface area contributed by atoms with Crippen molar-refractivity contribution in [3.8, 4) is 5.75 Å². The number of aryl methyl sites for hydroxylation is 1. The summed E-state index contributed by atoms with van der Waals surface area (Å²) in [6.07, 6.45) is 1.53. The lowest BCUT2D eigenvalue weighted by Gasteiger charge is -2.45. The van der Waals surface area contributed by atoms with Gasteiger partial charge in [-0.05, 0) is 49.9 Å². The predicted octanol–water partition coefficient (Wildman–Crippen LogP) is 2.32. The molecule has 26 heavy (non-hydrogen) atoms. The second-order valence-corrected chi connectivity index (χ2v) is 7.12. The lowest BCUT2D eigenvalue weighted by molar-refractivity contribution is -0.150. The van der Waals surface area contributed by atoms with Crippen molar-refractivity contribution in [2.45, 2.75) is 38.1 Å². The highest BCUT2D eigenvalue weighted by atomic mass is 16.5. The van der Waals surface area contributed by atoms with Crippen LogP contribution in [0.25, 0.3) is 0 Å². The van der Waals surface area contributed by atoms with E-state index in [1.165, 1.54) is 14.2 Å². The third-order valence-electron chi connectivity index (χ3n) is 5.67. The van der Waals surface area contributed by atoms with Crippen molar-refractivity contribution in [1.82, 2.24) is 5.32 Å². The summed E-state index contributed by atoms with van der Waals surface area (Å²) in [7, 11) is 4.34. The molecule has 3 atom stereocenters. The van der Waals surface area contributed by atoms with E-state index >= 15 is 0 Å². The molecular formula is C20H25NO5. The Labute approximate surface area is 153 Å². The Morgan fingerprint density at radius 3 is 2.54 bits per heavy atom. The number of fused-ring (bicyclic) bond motifs is 4. The fraction of sp³-hybridized carbons (Fsp3) is 0.500. The minimum absolute atomic E-state index is 0.338. The quantitative estimate of drug-likeness (QED) is 0.835. The first-order chi connectivity index (χ1) is 12.4. The Hall–Kier alpha value is -2.50. The van der Waals surface area contributed by atoms with Crippen molar-refractivity contribution in [3.05, 3.63) is 40.6 Å². The Bertz CT molecular complexity index is 784. The number of methoxy groups -OCH3 is 3. The predicted molar refractivity (Wildman–Crippen MR) is 95.8 cm³/mol. The van der Waals surface area contributed by atoms with Crippen LogP contribution in [0.15, 0.2) is 29.5 Å². The van der Waals surface area contributed by atoms with Crippen LogP contribution in [-0.4, -0.2) is 38.8 Å². The van der Waals surface area contributed by atoms with Gasteiger partial charge in [0, 0.05) is 17.2 Å². The number of carbonyl (C=O) groups excluding carboxylic acids is 2. The molecule has 1 aliphatic heterocycles. The molecule has 6 heteroatoms. The van der Waals surface area contributed by atoms with Crippen LogP contribution in [0, 0.1) is 5.92 Å². The van der Waals surface area contributed by atoms with Gasteiger partial charge in [-0.3, -0.25) is 4.79 Å². The molecule has 2 bridgehead atoms. The van der Waals surface area contributed by atoms with Gasteiger partial charge >= 0.3 is 11.9 Å². The average Bonchev–Trinajstić information content (AvgIpc) is 2.72. The molecule has 0 saturated heterocycles. The maximum Gasteiger partial charge on any atom is 0.336 e. The molecule has 0 fully saturated rings. The lowest BCUT2D eigenvalue weighted by atomic mass is 9.68. The molecule has 0 saturated carbocycles. The van der Waals surface area contributed by atoms with E-state index in [1.54, 1.807) is 7.11 Å². The zero-order chi connectivity index (χ0) is 19.1. The highest BCUT2D eigenvalue weighted by molar-refractivity contribution is 5.94. The van der Waals surface area contributed by atoms with E-state index in [2.05, 4.69) is 5.32 Å². The first kappa shape index (κ1) is 18.3. The normalized spacial score (nSPS) is 27.0. The highest BCUT2D eigenvalue weighted by Crippen LogP contribution is 2.49. The molecule has 0 spiro atoms. The molecule has 0 amide bonds. The van der Waals surface area contributed by atoms with E-state index in [0.717, 1.165) is 29.7 Å². The van der Waals surface area contributed by atoms with Crippen LogP contribution in [-0.2, 0) is 25.5 Å². The molecule has 1 aromatic rings. The molecule has 3 unspecified atom stereocenters. The Kier molecular flexibility index (Phi) is 4.69. The first-order valence-electron chi connectivity index (χ1n) is 8.68. The number of allylic oxidation sites excluding steroid dienone is 1. The first-order valence-corrected chi connectivity index (χ1v) is 8.68. The minimum Gasteiger partial charge on any atom is -0.497 e. The van der Waals surface area contributed by atoms with Gasteiger partial charge in [-0.25, -0.2) is 4.79 Å². The zero-order valence-corrected chi connectivity index (χ0v) is 15.8. The molecule has 1 N–H and O–H groups in total. The molecule has 6 nitrogen and oxygen atoms in total. The number of esters is 2. The van der Waals surface area contributed by atoms with Crippen molar-refractivity contribution in [1.29, 1.82) is 0 Å².